The van der Waals surface area contributed by atoms with E-state index in [4.69, 9.17) is 4.74 Å². The molecule has 0 heterocycles. The highest BCUT2D eigenvalue weighted by molar-refractivity contribution is 5.29. The number of hydrogen-bond donors (Lipinski definition) is 1. The summed E-state index contributed by atoms with van der Waals surface area (Å²) < 4.78 is 5.96. The number of benzene rings is 1. The van der Waals surface area contributed by atoms with Gasteiger partial charge in [-0.15, -0.1) is 0 Å². The lowest BCUT2D eigenvalue weighted by Crippen LogP contribution is -2.38. The van der Waals surface area contributed by atoms with E-state index in [0.29, 0.717) is 6.04 Å². The van der Waals surface area contributed by atoms with E-state index in [0.717, 1.165) is 26.0 Å². The summed E-state index contributed by atoms with van der Waals surface area (Å²) in [6, 6.07) is 7.18. The number of rotatable bonds is 7. The van der Waals surface area contributed by atoms with Gasteiger partial charge < -0.3 is 10.1 Å². The lowest BCUT2D eigenvalue weighted by atomic mass is 10.0. The predicted molar refractivity (Wildman–Crippen MR) is 87.4 cm³/mol. The van der Waals surface area contributed by atoms with E-state index in [9.17, 15) is 0 Å². The summed E-state index contributed by atoms with van der Waals surface area (Å²) in [5.74, 6) is 0. The van der Waals surface area contributed by atoms with Crippen LogP contribution in [0.2, 0.25) is 0 Å². The molecule has 0 amide bonds. The summed E-state index contributed by atoms with van der Waals surface area (Å²) in [5, 5.41) is 3.60. The van der Waals surface area contributed by atoms with E-state index in [1.54, 1.807) is 0 Å². The Morgan fingerprint density at radius 1 is 1.10 bits per heavy atom. The first kappa shape index (κ1) is 17.2. The predicted octanol–water partition coefficient (Wildman–Crippen LogP) is 4.03. The van der Waals surface area contributed by atoms with Crippen molar-refractivity contribution in [2.24, 2.45) is 0 Å². The summed E-state index contributed by atoms with van der Waals surface area (Å²) >= 11 is 0. The monoisotopic (exact) mass is 277 g/mol. The Labute approximate surface area is 124 Å². The number of hydrogen-bond acceptors (Lipinski definition) is 2. The molecule has 1 unspecified atom stereocenters. The Hall–Kier alpha value is -0.860. The minimum absolute atomic E-state index is 0.0747. The minimum Gasteiger partial charge on any atom is -0.374 e. The van der Waals surface area contributed by atoms with E-state index in [2.05, 4.69) is 65.1 Å². The highest BCUT2D eigenvalue weighted by Gasteiger charge is 2.15. The maximum absolute atomic E-state index is 5.96. The molecule has 0 fully saturated rings. The molecule has 2 heteroatoms. The molecule has 0 aliphatic heterocycles. The molecule has 0 radical (unpaired) electrons. The first-order valence-electron chi connectivity index (χ1n) is 7.74. The summed E-state index contributed by atoms with van der Waals surface area (Å²) in [4.78, 5) is 0. The zero-order valence-electron chi connectivity index (χ0n) is 14.0. The van der Waals surface area contributed by atoms with Crippen LogP contribution in [0.3, 0.4) is 0 Å². The molecule has 1 N–H and O–H groups in total. The van der Waals surface area contributed by atoms with Crippen LogP contribution in [-0.4, -0.2) is 24.8 Å². The van der Waals surface area contributed by atoms with Crippen LogP contribution in [0.5, 0.6) is 0 Å². The van der Waals surface area contributed by atoms with Gasteiger partial charge in [-0.25, -0.2) is 0 Å². The van der Waals surface area contributed by atoms with Gasteiger partial charge >= 0.3 is 0 Å². The third-order valence-corrected chi connectivity index (χ3v) is 3.16. The van der Waals surface area contributed by atoms with Crippen molar-refractivity contribution in [1.29, 1.82) is 0 Å². The Kier molecular flexibility index (Phi) is 6.70. The van der Waals surface area contributed by atoms with Gasteiger partial charge in [-0.1, -0.05) is 36.2 Å². The minimum atomic E-state index is -0.0747. The van der Waals surface area contributed by atoms with Crippen molar-refractivity contribution < 1.29 is 4.74 Å². The van der Waals surface area contributed by atoms with Crippen LogP contribution in [0.4, 0.5) is 0 Å². The summed E-state index contributed by atoms with van der Waals surface area (Å²) in [5.41, 5.74) is 4.00. The first-order chi connectivity index (χ1) is 9.30. The lowest BCUT2D eigenvalue weighted by molar-refractivity contribution is -0.0143. The fraction of sp³-hybridized carbons (Fsp3) is 0.667. The second kappa shape index (κ2) is 7.80. The van der Waals surface area contributed by atoms with Crippen molar-refractivity contribution in [2.45, 2.75) is 66.0 Å². The molecule has 0 aliphatic carbocycles. The van der Waals surface area contributed by atoms with E-state index in [-0.39, 0.29) is 5.60 Å². The molecule has 1 rings (SSSR count). The Morgan fingerprint density at radius 2 is 1.70 bits per heavy atom. The Balaban J connectivity index is 2.67. The topological polar surface area (TPSA) is 21.3 Å². The zero-order chi connectivity index (χ0) is 15.2. The molecule has 1 aromatic rings. The van der Waals surface area contributed by atoms with E-state index in [1.807, 2.05) is 0 Å². The maximum Gasteiger partial charge on any atom is 0.0629 e. The van der Waals surface area contributed by atoms with Crippen LogP contribution in [0.1, 0.15) is 50.8 Å². The standard InChI is InChI=1S/C18H31NO/c1-7-8-19-17(13-20-18(4,5)6)12-16-10-14(2)9-15(3)11-16/h9-11,17,19H,7-8,12-13H2,1-6H3. The molecule has 0 bridgehead atoms. The van der Waals surface area contributed by atoms with Crippen LogP contribution >= 0.6 is 0 Å². The largest absolute Gasteiger partial charge is 0.374 e. The average Bonchev–Trinajstić information content (AvgIpc) is 2.30. The molecule has 114 valence electrons. The molecule has 0 saturated carbocycles. The highest BCUT2D eigenvalue weighted by Crippen LogP contribution is 2.13. The average molecular weight is 277 g/mol. The second-order valence-electron chi connectivity index (χ2n) is 6.77. The van der Waals surface area contributed by atoms with E-state index in [1.165, 1.54) is 16.7 Å². The molecular formula is C18H31NO. The molecule has 0 aliphatic rings. The molecule has 1 atom stereocenters. The Morgan fingerprint density at radius 3 is 2.20 bits per heavy atom. The fourth-order valence-electron chi connectivity index (χ4n) is 2.36. The van der Waals surface area contributed by atoms with Crippen LogP contribution in [-0.2, 0) is 11.2 Å². The summed E-state index contributed by atoms with van der Waals surface area (Å²) in [7, 11) is 0. The molecule has 0 aromatic heterocycles. The van der Waals surface area contributed by atoms with Gasteiger partial charge in [0.2, 0.25) is 0 Å². The molecule has 2 nitrogen and oxygen atoms in total. The van der Waals surface area contributed by atoms with Gasteiger partial charge in [0.05, 0.1) is 12.2 Å². The SMILES string of the molecule is CCCNC(COC(C)(C)C)Cc1cc(C)cc(C)c1. The maximum atomic E-state index is 5.96. The summed E-state index contributed by atoms with van der Waals surface area (Å²) in [6.45, 7) is 14.7. The van der Waals surface area contributed by atoms with Crippen molar-refractivity contribution in [3.63, 3.8) is 0 Å². The van der Waals surface area contributed by atoms with Gasteiger partial charge in [-0.3, -0.25) is 0 Å². The van der Waals surface area contributed by atoms with Crippen LogP contribution in [0, 0.1) is 13.8 Å². The lowest BCUT2D eigenvalue weighted by Gasteiger charge is -2.25. The quantitative estimate of drug-likeness (QED) is 0.812. The third kappa shape index (κ3) is 7.06. The molecular weight excluding hydrogens is 246 g/mol. The molecule has 20 heavy (non-hydrogen) atoms. The smallest absolute Gasteiger partial charge is 0.0629 e. The second-order valence-corrected chi connectivity index (χ2v) is 6.77. The highest BCUT2D eigenvalue weighted by atomic mass is 16.5. The number of nitrogens with one attached hydrogen (secondary N) is 1. The van der Waals surface area contributed by atoms with Crippen LogP contribution in [0.25, 0.3) is 0 Å². The zero-order valence-corrected chi connectivity index (χ0v) is 14.0. The number of aryl methyl sites for hydroxylation is 2. The van der Waals surface area contributed by atoms with Gasteiger partial charge in [0.15, 0.2) is 0 Å². The van der Waals surface area contributed by atoms with E-state index >= 15 is 0 Å². The van der Waals surface area contributed by atoms with Crippen molar-refractivity contribution >= 4 is 0 Å². The van der Waals surface area contributed by atoms with Crippen molar-refractivity contribution in [3.05, 3.63) is 34.9 Å². The van der Waals surface area contributed by atoms with Crippen molar-refractivity contribution in [3.8, 4) is 0 Å². The number of ether oxygens (including phenoxy) is 1. The molecule has 0 spiro atoms. The third-order valence-electron chi connectivity index (χ3n) is 3.16. The Bertz CT molecular complexity index is 386. The molecule has 0 saturated heterocycles. The van der Waals surface area contributed by atoms with Crippen molar-refractivity contribution in [1.82, 2.24) is 5.32 Å². The van der Waals surface area contributed by atoms with Gasteiger partial charge in [-0.2, -0.15) is 0 Å². The van der Waals surface area contributed by atoms with Gasteiger partial charge in [0.1, 0.15) is 0 Å². The first-order valence-corrected chi connectivity index (χ1v) is 7.74. The van der Waals surface area contributed by atoms with Crippen LogP contribution in [0.15, 0.2) is 18.2 Å². The fourth-order valence-corrected chi connectivity index (χ4v) is 2.36. The van der Waals surface area contributed by atoms with Crippen LogP contribution < -0.4 is 5.32 Å². The van der Waals surface area contributed by atoms with Gasteiger partial charge in [-0.05, 0) is 59.6 Å². The summed E-state index contributed by atoms with van der Waals surface area (Å²) in [6.07, 6.45) is 2.18. The van der Waals surface area contributed by atoms with E-state index < -0.39 is 0 Å². The normalized spacial score (nSPS) is 13.5. The molecule has 1 aromatic carbocycles. The van der Waals surface area contributed by atoms with Gasteiger partial charge in [0.25, 0.3) is 0 Å². The van der Waals surface area contributed by atoms with Gasteiger partial charge in [0, 0.05) is 6.04 Å². The van der Waals surface area contributed by atoms with Crippen molar-refractivity contribution in [2.75, 3.05) is 13.2 Å².